The Kier molecular flexibility index (Phi) is 11.3. The Morgan fingerprint density at radius 1 is 0.750 bits per heavy atom. The fourth-order valence-corrected chi connectivity index (χ4v) is 9.31. The van der Waals surface area contributed by atoms with Gasteiger partial charge in [-0.3, -0.25) is 29.4 Å². The Hall–Kier alpha value is -4.88. The minimum Gasteiger partial charge on any atom is -0.508 e. The number of thiophene rings is 1. The van der Waals surface area contributed by atoms with Crippen molar-refractivity contribution in [1.29, 1.82) is 0 Å². The minimum absolute atomic E-state index is 0.108. The van der Waals surface area contributed by atoms with Gasteiger partial charge < -0.3 is 19.6 Å². The number of halogens is 1. The van der Waals surface area contributed by atoms with Crippen molar-refractivity contribution in [3.8, 4) is 27.7 Å². The fourth-order valence-electron chi connectivity index (χ4n) is 7.88. The molecule has 56 heavy (non-hydrogen) atoms. The molecule has 12 heteroatoms. The zero-order chi connectivity index (χ0) is 38.8. The van der Waals surface area contributed by atoms with E-state index in [2.05, 4.69) is 55.3 Å². The Labute approximate surface area is 338 Å². The van der Waals surface area contributed by atoms with Crippen LogP contribution in [0, 0.1) is 0 Å². The second-order valence-corrected chi connectivity index (χ2v) is 16.7. The van der Waals surface area contributed by atoms with E-state index >= 15 is 0 Å². The van der Waals surface area contributed by atoms with Crippen LogP contribution in [0.1, 0.15) is 63.9 Å². The maximum absolute atomic E-state index is 13.2. The lowest BCUT2D eigenvalue weighted by Crippen LogP contribution is -2.54. The van der Waals surface area contributed by atoms with Crippen molar-refractivity contribution < 1.29 is 29.0 Å². The van der Waals surface area contributed by atoms with Gasteiger partial charge in [-0.25, -0.2) is 0 Å². The molecule has 288 valence electrons. The monoisotopic (exact) mass is 834 g/mol. The molecule has 0 aliphatic carbocycles. The first-order chi connectivity index (χ1) is 27.2. The summed E-state index contributed by atoms with van der Waals surface area (Å²) in [5.74, 6) is -0.0703. The summed E-state index contributed by atoms with van der Waals surface area (Å²) in [4.78, 5) is 57.2. The van der Waals surface area contributed by atoms with Gasteiger partial charge in [-0.1, -0.05) is 46.3 Å². The highest BCUT2D eigenvalue weighted by Crippen LogP contribution is 2.47. The van der Waals surface area contributed by atoms with Crippen molar-refractivity contribution in [1.82, 2.24) is 20.0 Å². The highest BCUT2D eigenvalue weighted by molar-refractivity contribution is 9.10. The highest BCUT2D eigenvalue weighted by Gasteiger charge is 2.44. The number of carbonyl (C=O) groups is 4. The highest BCUT2D eigenvalue weighted by atomic mass is 79.9. The number of nitrogens with zero attached hydrogens (tertiary/aromatic N) is 3. The quantitative estimate of drug-likeness (QED) is 0.0912. The molecule has 2 N–H and O–H groups in total. The summed E-state index contributed by atoms with van der Waals surface area (Å²) < 4.78 is 8.52. The molecule has 0 radical (unpaired) electrons. The average molecular weight is 836 g/mol. The summed E-state index contributed by atoms with van der Waals surface area (Å²) in [7, 11) is 0. The normalized spacial score (nSPS) is 17.8. The number of unbranched alkanes of at least 4 members (excludes halogenated alkanes) is 1. The van der Waals surface area contributed by atoms with Gasteiger partial charge in [0.15, 0.2) is 5.75 Å². The van der Waals surface area contributed by atoms with E-state index in [0.717, 1.165) is 118 Å². The lowest BCUT2D eigenvalue weighted by molar-refractivity contribution is -0.136. The molecule has 1 unspecified atom stereocenters. The van der Waals surface area contributed by atoms with Gasteiger partial charge in [-0.05, 0) is 123 Å². The van der Waals surface area contributed by atoms with Crippen LogP contribution in [-0.4, -0.2) is 88.7 Å². The smallest absolute Gasteiger partial charge is 0.262 e. The van der Waals surface area contributed by atoms with E-state index in [1.807, 2.05) is 36.4 Å². The summed E-state index contributed by atoms with van der Waals surface area (Å²) in [5, 5.41) is 13.3. The number of fused-ring (bicyclic) bond motifs is 2. The Balaban J connectivity index is 0.758. The molecule has 0 bridgehead atoms. The van der Waals surface area contributed by atoms with E-state index in [4.69, 9.17) is 4.74 Å². The number of nitrogens with one attached hydrogen (secondary N) is 1. The van der Waals surface area contributed by atoms with E-state index in [9.17, 15) is 24.3 Å². The number of aryl methyl sites for hydroxylation is 2. The van der Waals surface area contributed by atoms with Crippen molar-refractivity contribution in [2.75, 3.05) is 39.3 Å². The second-order valence-electron chi connectivity index (χ2n) is 14.8. The molecular weight excluding hydrogens is 792 g/mol. The number of aromatic hydroxyl groups is 1. The van der Waals surface area contributed by atoms with Crippen LogP contribution in [0.4, 0.5) is 0 Å². The zero-order valence-corrected chi connectivity index (χ0v) is 33.4. The van der Waals surface area contributed by atoms with Crippen LogP contribution in [0.3, 0.4) is 0 Å². The number of ether oxygens (including phenoxy) is 1. The molecule has 3 aliphatic rings. The predicted molar refractivity (Wildman–Crippen MR) is 220 cm³/mol. The van der Waals surface area contributed by atoms with Crippen LogP contribution in [-0.2, 0) is 22.4 Å². The molecule has 1 atom stereocenters. The van der Waals surface area contributed by atoms with Gasteiger partial charge >= 0.3 is 0 Å². The molecule has 3 aliphatic heterocycles. The summed E-state index contributed by atoms with van der Waals surface area (Å²) in [6, 6.07) is 26.5. The number of phenolic OH excluding ortho intramolecular Hbond substituents is 1. The van der Waals surface area contributed by atoms with Crippen LogP contribution >= 0.6 is 27.3 Å². The Morgan fingerprint density at radius 2 is 1.43 bits per heavy atom. The first-order valence-electron chi connectivity index (χ1n) is 19.3. The first kappa shape index (κ1) is 38.0. The van der Waals surface area contributed by atoms with E-state index in [0.29, 0.717) is 11.1 Å². The first-order valence-corrected chi connectivity index (χ1v) is 20.9. The third-order valence-electron chi connectivity index (χ3n) is 11.0. The van der Waals surface area contributed by atoms with E-state index < -0.39 is 23.8 Å². The lowest BCUT2D eigenvalue weighted by Gasteiger charge is -2.34. The van der Waals surface area contributed by atoms with Crippen LogP contribution in [0.2, 0.25) is 0 Å². The molecule has 1 aromatic heterocycles. The zero-order valence-electron chi connectivity index (χ0n) is 31.0. The molecule has 4 aromatic carbocycles. The standard InChI is InChI=1S/C44H43BrN4O6S/c45-31-11-9-30(10-12-31)41-40(35-17-13-32(50)27-38(35)56-41)55-33-14-6-28(7-15-33)5-3-21-48-24-22-47(23-25-48)20-2-1-4-29-8-16-34-36(26-29)44(54)49(43(34)53)37-18-19-39(51)46-42(37)52/h6-17,26-27,37,50H,1-5,18-25H2,(H,46,51,52). The molecule has 0 saturated carbocycles. The summed E-state index contributed by atoms with van der Waals surface area (Å²) >= 11 is 5.14. The largest absolute Gasteiger partial charge is 0.508 e. The summed E-state index contributed by atoms with van der Waals surface area (Å²) in [5.41, 5.74) is 4.02. The second kappa shape index (κ2) is 16.7. The molecule has 5 aromatic rings. The number of rotatable bonds is 13. The molecule has 2 saturated heterocycles. The van der Waals surface area contributed by atoms with E-state index in [-0.39, 0.29) is 24.5 Å². The predicted octanol–water partition coefficient (Wildman–Crippen LogP) is 7.80. The number of piperazine rings is 1. The lowest BCUT2D eigenvalue weighted by atomic mass is 10.0. The van der Waals surface area contributed by atoms with Crippen molar-refractivity contribution in [2.45, 2.75) is 51.0 Å². The minimum atomic E-state index is -0.946. The molecule has 2 fully saturated rings. The van der Waals surface area contributed by atoms with Gasteiger partial charge in [0.2, 0.25) is 11.8 Å². The number of phenols is 1. The third-order valence-corrected chi connectivity index (χ3v) is 12.7. The number of benzene rings is 4. The van der Waals surface area contributed by atoms with Crippen molar-refractivity contribution in [3.63, 3.8) is 0 Å². The van der Waals surface area contributed by atoms with Crippen LogP contribution in [0.25, 0.3) is 20.5 Å². The van der Waals surface area contributed by atoms with Gasteiger partial charge in [0, 0.05) is 47.2 Å². The number of piperidine rings is 1. The maximum Gasteiger partial charge on any atom is 0.262 e. The third kappa shape index (κ3) is 8.29. The van der Waals surface area contributed by atoms with Gasteiger partial charge in [-0.15, -0.1) is 11.3 Å². The SMILES string of the molecule is O=C1CCC(N2C(=O)c3ccc(CCCCN4CCN(CCCc5ccc(Oc6c(-c7ccc(Br)cc7)sc7cc(O)ccc67)cc5)CC4)cc3C2=O)C(=O)N1. The van der Waals surface area contributed by atoms with E-state index in [1.165, 1.54) is 5.56 Å². The molecule has 8 rings (SSSR count). The van der Waals surface area contributed by atoms with E-state index in [1.54, 1.807) is 35.6 Å². The summed E-state index contributed by atoms with van der Waals surface area (Å²) in [6.07, 6.45) is 5.18. The average Bonchev–Trinajstić information content (AvgIpc) is 3.67. The van der Waals surface area contributed by atoms with Gasteiger partial charge in [0.25, 0.3) is 11.8 Å². The number of hydrogen-bond donors (Lipinski definition) is 2. The van der Waals surface area contributed by atoms with Gasteiger partial charge in [-0.2, -0.15) is 0 Å². The van der Waals surface area contributed by atoms with Crippen molar-refractivity contribution in [2.24, 2.45) is 0 Å². The molecule has 10 nitrogen and oxygen atoms in total. The number of hydrogen-bond acceptors (Lipinski definition) is 9. The maximum atomic E-state index is 13.2. The van der Waals surface area contributed by atoms with Crippen molar-refractivity contribution in [3.05, 3.63) is 112 Å². The molecule has 4 amide bonds. The van der Waals surface area contributed by atoms with Gasteiger partial charge in [0.05, 0.1) is 16.0 Å². The van der Waals surface area contributed by atoms with Crippen LogP contribution < -0.4 is 10.1 Å². The Bertz CT molecular complexity index is 2280. The summed E-state index contributed by atoms with van der Waals surface area (Å²) in [6.45, 7) is 6.32. The number of amides is 4. The van der Waals surface area contributed by atoms with Crippen molar-refractivity contribution >= 4 is 61.0 Å². The number of carbonyl (C=O) groups excluding carboxylic acids is 4. The van der Waals surface area contributed by atoms with Crippen LogP contribution in [0.15, 0.2) is 89.4 Å². The molecular formula is C44H43BrN4O6S. The fraction of sp³-hybridized carbons (Fsp3) is 0.318. The number of imide groups is 2. The van der Waals surface area contributed by atoms with Gasteiger partial charge in [0.1, 0.15) is 17.5 Å². The Morgan fingerprint density at radius 3 is 2.16 bits per heavy atom. The topological polar surface area (TPSA) is 119 Å². The van der Waals surface area contributed by atoms with Crippen LogP contribution in [0.5, 0.6) is 17.2 Å². The molecule has 0 spiro atoms. The molecule has 4 heterocycles.